The van der Waals surface area contributed by atoms with Crippen LogP contribution in [0.4, 0.5) is 5.69 Å². The average molecular weight is 321 g/mol. The Morgan fingerprint density at radius 2 is 1.59 bits per heavy atom. The predicted octanol–water partition coefficient (Wildman–Crippen LogP) is 5.03. The molecule has 1 aromatic rings. The second-order valence-corrected chi connectivity index (χ2v) is 8.05. The van der Waals surface area contributed by atoms with E-state index < -0.39 is 0 Å². The molecule has 22 heavy (non-hydrogen) atoms. The summed E-state index contributed by atoms with van der Waals surface area (Å²) in [5.74, 6) is 0. The molecular formula is C19H29ClN2. The lowest BCUT2D eigenvalue weighted by molar-refractivity contribution is 0.276. The molecule has 0 spiro atoms. The lowest BCUT2D eigenvalue weighted by Crippen LogP contribution is -2.46. The van der Waals surface area contributed by atoms with Gasteiger partial charge in [0.2, 0.25) is 0 Å². The number of rotatable bonds is 3. The zero-order valence-corrected chi connectivity index (χ0v) is 15.4. The molecule has 0 saturated carbocycles. The fourth-order valence-electron chi connectivity index (χ4n) is 3.11. The van der Waals surface area contributed by atoms with Gasteiger partial charge in [-0.1, -0.05) is 39.0 Å². The van der Waals surface area contributed by atoms with Gasteiger partial charge in [-0.3, -0.25) is 0 Å². The lowest BCUT2D eigenvalue weighted by atomic mass is 9.90. The van der Waals surface area contributed by atoms with Crippen molar-refractivity contribution in [2.45, 2.75) is 41.0 Å². The summed E-state index contributed by atoms with van der Waals surface area (Å²) in [5.41, 5.74) is 5.20. The molecule has 1 heterocycles. The SMILES string of the molecule is C=C(CC(C)(C)C)N1CCN(c2cc(C)c(Cl)c(C)c2)CC1. The van der Waals surface area contributed by atoms with E-state index in [2.05, 4.69) is 63.1 Å². The Labute approximate surface area is 140 Å². The number of benzene rings is 1. The van der Waals surface area contributed by atoms with E-state index >= 15 is 0 Å². The molecule has 122 valence electrons. The van der Waals surface area contributed by atoms with Crippen molar-refractivity contribution in [3.05, 3.63) is 40.6 Å². The van der Waals surface area contributed by atoms with Gasteiger partial charge in [0.1, 0.15) is 0 Å². The molecule has 0 atom stereocenters. The van der Waals surface area contributed by atoms with Crippen LogP contribution in [-0.4, -0.2) is 31.1 Å². The number of anilines is 1. The molecule has 1 aliphatic heterocycles. The van der Waals surface area contributed by atoms with Crippen LogP contribution in [0, 0.1) is 19.3 Å². The number of piperazine rings is 1. The third-order valence-electron chi connectivity index (χ3n) is 4.25. The highest BCUT2D eigenvalue weighted by Crippen LogP contribution is 2.29. The van der Waals surface area contributed by atoms with Crippen molar-refractivity contribution in [1.29, 1.82) is 0 Å². The highest BCUT2D eigenvalue weighted by atomic mass is 35.5. The molecule has 0 aliphatic carbocycles. The maximum absolute atomic E-state index is 6.28. The first-order valence-electron chi connectivity index (χ1n) is 8.12. The van der Waals surface area contributed by atoms with Gasteiger partial charge in [0.05, 0.1) is 0 Å². The summed E-state index contributed by atoms with van der Waals surface area (Å²) in [7, 11) is 0. The molecule has 2 rings (SSSR count). The van der Waals surface area contributed by atoms with Gasteiger partial charge in [0, 0.05) is 42.6 Å². The Balaban J connectivity index is 1.99. The summed E-state index contributed by atoms with van der Waals surface area (Å²) in [4.78, 5) is 4.90. The van der Waals surface area contributed by atoms with Gasteiger partial charge in [-0.25, -0.2) is 0 Å². The first-order valence-corrected chi connectivity index (χ1v) is 8.49. The van der Waals surface area contributed by atoms with Crippen molar-refractivity contribution in [3.8, 4) is 0 Å². The van der Waals surface area contributed by atoms with Crippen LogP contribution < -0.4 is 4.90 Å². The van der Waals surface area contributed by atoms with Gasteiger partial charge in [-0.2, -0.15) is 0 Å². The minimum absolute atomic E-state index is 0.304. The third-order valence-corrected chi connectivity index (χ3v) is 4.84. The fourth-order valence-corrected chi connectivity index (χ4v) is 3.22. The van der Waals surface area contributed by atoms with Crippen molar-refractivity contribution in [2.24, 2.45) is 5.41 Å². The van der Waals surface area contributed by atoms with E-state index in [1.807, 2.05) is 0 Å². The summed E-state index contributed by atoms with van der Waals surface area (Å²) in [6.45, 7) is 19.5. The molecule has 0 amide bonds. The molecular weight excluding hydrogens is 292 g/mol. The first-order chi connectivity index (χ1) is 10.2. The summed E-state index contributed by atoms with van der Waals surface area (Å²) in [6, 6.07) is 4.41. The number of hydrogen-bond acceptors (Lipinski definition) is 2. The van der Waals surface area contributed by atoms with Crippen molar-refractivity contribution >= 4 is 17.3 Å². The number of aryl methyl sites for hydroxylation is 2. The van der Waals surface area contributed by atoms with Gasteiger partial charge in [-0.15, -0.1) is 0 Å². The molecule has 2 nitrogen and oxygen atoms in total. The van der Waals surface area contributed by atoms with E-state index in [4.69, 9.17) is 11.6 Å². The van der Waals surface area contributed by atoms with Crippen molar-refractivity contribution in [2.75, 3.05) is 31.1 Å². The molecule has 0 radical (unpaired) electrons. The minimum Gasteiger partial charge on any atom is -0.372 e. The van der Waals surface area contributed by atoms with E-state index in [1.165, 1.54) is 11.4 Å². The van der Waals surface area contributed by atoms with Crippen LogP contribution in [0.15, 0.2) is 24.4 Å². The van der Waals surface area contributed by atoms with Gasteiger partial charge in [-0.05, 0) is 48.9 Å². The second kappa shape index (κ2) is 6.54. The minimum atomic E-state index is 0.304. The van der Waals surface area contributed by atoms with Gasteiger partial charge < -0.3 is 9.80 Å². The number of halogens is 1. The standard InChI is InChI=1S/C19H29ClN2/c1-14-11-17(12-15(2)18(14)20)22-9-7-21(8-10-22)16(3)13-19(4,5)6/h11-12H,3,7-10,13H2,1-2,4-6H3. The molecule has 0 N–H and O–H groups in total. The highest BCUT2D eigenvalue weighted by Gasteiger charge is 2.21. The zero-order valence-electron chi connectivity index (χ0n) is 14.7. The monoisotopic (exact) mass is 320 g/mol. The molecule has 0 aromatic heterocycles. The van der Waals surface area contributed by atoms with Crippen molar-refractivity contribution in [3.63, 3.8) is 0 Å². The zero-order chi connectivity index (χ0) is 16.5. The van der Waals surface area contributed by atoms with Crippen molar-refractivity contribution in [1.82, 2.24) is 4.90 Å². The normalized spacial score (nSPS) is 16.1. The molecule has 1 fully saturated rings. The predicted molar refractivity (Wildman–Crippen MR) is 97.9 cm³/mol. The van der Waals surface area contributed by atoms with Gasteiger partial charge in [0.25, 0.3) is 0 Å². The molecule has 0 unspecified atom stereocenters. The van der Waals surface area contributed by atoms with Gasteiger partial charge in [0.15, 0.2) is 0 Å². The number of hydrogen-bond donors (Lipinski definition) is 0. The van der Waals surface area contributed by atoms with Crippen LogP contribution in [-0.2, 0) is 0 Å². The molecule has 1 aliphatic rings. The van der Waals surface area contributed by atoms with Crippen LogP contribution in [0.5, 0.6) is 0 Å². The highest BCUT2D eigenvalue weighted by molar-refractivity contribution is 6.32. The molecule has 0 bridgehead atoms. The second-order valence-electron chi connectivity index (χ2n) is 7.67. The number of allylic oxidation sites excluding steroid dienone is 1. The molecule has 1 saturated heterocycles. The number of nitrogens with zero attached hydrogens (tertiary/aromatic N) is 2. The van der Waals surface area contributed by atoms with Crippen LogP contribution in [0.25, 0.3) is 0 Å². The van der Waals surface area contributed by atoms with Crippen LogP contribution >= 0.6 is 11.6 Å². The summed E-state index contributed by atoms with van der Waals surface area (Å²) in [5, 5.41) is 0.890. The third kappa shape index (κ3) is 4.19. The van der Waals surface area contributed by atoms with Crippen molar-refractivity contribution < 1.29 is 0 Å². The Morgan fingerprint density at radius 1 is 1.09 bits per heavy atom. The quantitative estimate of drug-likeness (QED) is 0.770. The molecule has 3 heteroatoms. The first kappa shape index (κ1) is 17.2. The summed E-state index contributed by atoms with van der Waals surface area (Å²) in [6.07, 6.45) is 1.06. The molecule has 1 aromatic carbocycles. The Bertz CT molecular complexity index is 526. The largest absolute Gasteiger partial charge is 0.372 e. The van der Waals surface area contributed by atoms with E-state index in [0.717, 1.165) is 48.7 Å². The van der Waals surface area contributed by atoms with Crippen LogP contribution in [0.1, 0.15) is 38.3 Å². The van der Waals surface area contributed by atoms with Crippen LogP contribution in [0.3, 0.4) is 0 Å². The van der Waals surface area contributed by atoms with E-state index in [1.54, 1.807) is 0 Å². The summed E-state index contributed by atoms with van der Waals surface area (Å²) < 4.78 is 0. The lowest BCUT2D eigenvalue weighted by Gasteiger charge is -2.39. The maximum atomic E-state index is 6.28. The topological polar surface area (TPSA) is 6.48 Å². The Hall–Kier alpha value is -1.15. The van der Waals surface area contributed by atoms with Crippen LogP contribution in [0.2, 0.25) is 5.02 Å². The van der Waals surface area contributed by atoms with E-state index in [-0.39, 0.29) is 0 Å². The Kier molecular flexibility index (Phi) is 5.11. The average Bonchev–Trinajstić information content (AvgIpc) is 2.42. The summed E-state index contributed by atoms with van der Waals surface area (Å²) >= 11 is 6.28. The maximum Gasteiger partial charge on any atom is 0.0465 e. The van der Waals surface area contributed by atoms with Gasteiger partial charge >= 0.3 is 0 Å². The van der Waals surface area contributed by atoms with E-state index in [9.17, 15) is 0 Å². The smallest absolute Gasteiger partial charge is 0.0465 e. The van der Waals surface area contributed by atoms with E-state index in [0.29, 0.717) is 5.41 Å². The fraction of sp³-hybridized carbons (Fsp3) is 0.579. The Morgan fingerprint density at radius 3 is 2.05 bits per heavy atom.